The molecule has 0 aliphatic heterocycles. The van der Waals surface area contributed by atoms with E-state index in [0.717, 1.165) is 12.1 Å². The van der Waals surface area contributed by atoms with Crippen molar-refractivity contribution >= 4 is 5.71 Å². The van der Waals surface area contributed by atoms with Gasteiger partial charge in [0, 0.05) is 0 Å². The maximum Gasteiger partial charge on any atom is 0.0598 e. The van der Waals surface area contributed by atoms with E-state index in [2.05, 4.69) is 12.1 Å². The van der Waals surface area contributed by atoms with Gasteiger partial charge in [-0.1, -0.05) is 12.1 Å². The molecule has 0 aromatic carbocycles. The fourth-order valence-electron chi connectivity index (χ4n) is 1.15. The number of hydrogen-bond acceptors (Lipinski definition) is 2. The molecule has 0 saturated heterocycles. The summed E-state index contributed by atoms with van der Waals surface area (Å²) in [5, 5.41) is 11.5. The Balaban J connectivity index is 2.55. The van der Waals surface area contributed by atoms with E-state index in [4.69, 9.17) is 5.21 Å². The van der Waals surface area contributed by atoms with Gasteiger partial charge in [0.25, 0.3) is 0 Å². The quantitative estimate of drug-likeness (QED) is 0.376. The lowest BCUT2D eigenvalue weighted by molar-refractivity contribution is 0.315. The van der Waals surface area contributed by atoms with E-state index in [1.54, 1.807) is 0 Å². The Bertz CT molecular complexity index is 109. The molecule has 0 radical (unpaired) electrons. The molecule has 0 bridgehead atoms. The van der Waals surface area contributed by atoms with Crippen molar-refractivity contribution in [1.82, 2.24) is 0 Å². The lowest BCUT2D eigenvalue weighted by Crippen LogP contribution is -2.00. The second kappa shape index (κ2) is 2.16. The summed E-state index contributed by atoms with van der Waals surface area (Å²) < 4.78 is 0. The van der Waals surface area contributed by atoms with Crippen LogP contribution in [0, 0.1) is 5.92 Å². The zero-order valence-electron chi connectivity index (χ0n) is 5.09. The van der Waals surface area contributed by atoms with Crippen LogP contribution in [0.3, 0.4) is 0 Å². The van der Waals surface area contributed by atoms with E-state index in [-0.39, 0.29) is 0 Å². The Morgan fingerprint density at radius 2 is 2.50 bits per heavy atom. The predicted molar refractivity (Wildman–Crippen MR) is 32.2 cm³/mol. The topological polar surface area (TPSA) is 32.6 Å². The lowest BCUT2D eigenvalue weighted by Gasteiger charge is -1.96. The molecule has 0 amide bonds. The van der Waals surface area contributed by atoms with Crippen LogP contribution in [0.4, 0.5) is 0 Å². The first kappa shape index (κ1) is 5.60. The smallest absolute Gasteiger partial charge is 0.0598 e. The zero-order valence-corrected chi connectivity index (χ0v) is 5.09. The van der Waals surface area contributed by atoms with Gasteiger partial charge in [-0.25, -0.2) is 0 Å². The summed E-state index contributed by atoms with van der Waals surface area (Å²) >= 11 is 0. The van der Waals surface area contributed by atoms with Crippen LogP contribution in [-0.4, -0.2) is 10.9 Å². The minimum absolute atomic E-state index is 0.528. The molecular weight excluding hydrogens is 102 g/mol. The monoisotopic (exact) mass is 113 g/mol. The minimum Gasteiger partial charge on any atom is -0.411 e. The number of oxime groups is 1. The van der Waals surface area contributed by atoms with Gasteiger partial charge in [-0.15, -0.1) is 0 Å². The summed E-state index contributed by atoms with van der Waals surface area (Å²) in [6, 6.07) is 0. The highest BCUT2D eigenvalue weighted by atomic mass is 16.4. The lowest BCUT2D eigenvalue weighted by atomic mass is 10.1. The van der Waals surface area contributed by atoms with Crippen LogP contribution in [0.5, 0.6) is 0 Å². The standard InChI is InChI=1S/C6H11NO/c1-5-3-2-4-6(5)7-8/h5,8H,2-4H2,1H3/b7-6+/t5-/m1/s1. The van der Waals surface area contributed by atoms with Crippen molar-refractivity contribution < 1.29 is 5.21 Å². The molecular formula is C6H11NO. The van der Waals surface area contributed by atoms with Gasteiger partial charge in [0.15, 0.2) is 0 Å². The molecule has 1 aliphatic carbocycles. The Morgan fingerprint density at radius 1 is 1.75 bits per heavy atom. The SMILES string of the molecule is C[C@@H]1CCC/C1=N\O. The van der Waals surface area contributed by atoms with Gasteiger partial charge in [0.1, 0.15) is 0 Å². The van der Waals surface area contributed by atoms with Gasteiger partial charge in [0.05, 0.1) is 5.71 Å². The maximum absolute atomic E-state index is 8.32. The van der Waals surface area contributed by atoms with Crippen molar-refractivity contribution in [2.24, 2.45) is 11.1 Å². The Morgan fingerprint density at radius 3 is 2.75 bits per heavy atom. The average Bonchev–Trinajstić information content (AvgIpc) is 2.14. The highest BCUT2D eigenvalue weighted by Gasteiger charge is 2.17. The van der Waals surface area contributed by atoms with E-state index in [1.807, 2.05) is 0 Å². The van der Waals surface area contributed by atoms with Crippen LogP contribution in [0.15, 0.2) is 5.16 Å². The molecule has 2 heteroatoms. The normalized spacial score (nSPS) is 34.1. The van der Waals surface area contributed by atoms with Gasteiger partial charge >= 0.3 is 0 Å². The molecule has 2 nitrogen and oxygen atoms in total. The first-order valence-corrected chi connectivity index (χ1v) is 3.05. The second-order valence-corrected chi connectivity index (χ2v) is 2.38. The fraction of sp³-hybridized carbons (Fsp3) is 0.833. The fourth-order valence-corrected chi connectivity index (χ4v) is 1.15. The second-order valence-electron chi connectivity index (χ2n) is 2.38. The van der Waals surface area contributed by atoms with Crippen molar-refractivity contribution in [2.75, 3.05) is 0 Å². The van der Waals surface area contributed by atoms with Crippen molar-refractivity contribution in [2.45, 2.75) is 26.2 Å². The molecule has 1 atom stereocenters. The summed E-state index contributed by atoms with van der Waals surface area (Å²) in [6.45, 7) is 2.10. The summed E-state index contributed by atoms with van der Waals surface area (Å²) in [5.74, 6) is 0.528. The molecule has 0 aromatic heterocycles. The highest BCUT2D eigenvalue weighted by Crippen LogP contribution is 2.20. The van der Waals surface area contributed by atoms with E-state index >= 15 is 0 Å². The molecule has 8 heavy (non-hydrogen) atoms. The third-order valence-electron chi connectivity index (χ3n) is 1.77. The van der Waals surface area contributed by atoms with Crippen molar-refractivity contribution in [3.8, 4) is 0 Å². The van der Waals surface area contributed by atoms with Crippen LogP contribution in [0.25, 0.3) is 0 Å². The van der Waals surface area contributed by atoms with E-state index in [9.17, 15) is 0 Å². The summed E-state index contributed by atoms with van der Waals surface area (Å²) in [7, 11) is 0. The Kier molecular flexibility index (Phi) is 1.51. The molecule has 0 aromatic rings. The Hall–Kier alpha value is -0.530. The van der Waals surface area contributed by atoms with Crippen LogP contribution >= 0.6 is 0 Å². The van der Waals surface area contributed by atoms with Gasteiger partial charge in [-0.3, -0.25) is 0 Å². The summed E-state index contributed by atoms with van der Waals surface area (Å²) in [6.07, 6.45) is 3.39. The van der Waals surface area contributed by atoms with Crippen molar-refractivity contribution in [3.63, 3.8) is 0 Å². The first-order chi connectivity index (χ1) is 3.84. The van der Waals surface area contributed by atoms with Crippen LogP contribution in [0.1, 0.15) is 26.2 Å². The number of nitrogens with zero attached hydrogens (tertiary/aromatic N) is 1. The molecule has 0 unspecified atom stereocenters. The van der Waals surface area contributed by atoms with E-state index in [0.29, 0.717) is 5.92 Å². The van der Waals surface area contributed by atoms with E-state index < -0.39 is 0 Å². The van der Waals surface area contributed by atoms with Gasteiger partial charge < -0.3 is 5.21 Å². The number of rotatable bonds is 0. The third kappa shape index (κ3) is 0.831. The maximum atomic E-state index is 8.32. The average molecular weight is 113 g/mol. The molecule has 1 aliphatic rings. The molecule has 1 saturated carbocycles. The third-order valence-corrected chi connectivity index (χ3v) is 1.77. The highest BCUT2D eigenvalue weighted by molar-refractivity contribution is 5.87. The summed E-state index contributed by atoms with van der Waals surface area (Å²) in [4.78, 5) is 0. The van der Waals surface area contributed by atoms with Gasteiger partial charge in [-0.2, -0.15) is 0 Å². The molecule has 1 N–H and O–H groups in total. The van der Waals surface area contributed by atoms with Crippen molar-refractivity contribution in [3.05, 3.63) is 0 Å². The molecule has 46 valence electrons. The van der Waals surface area contributed by atoms with Gasteiger partial charge in [0.2, 0.25) is 0 Å². The molecule has 1 rings (SSSR count). The molecule has 0 heterocycles. The van der Waals surface area contributed by atoms with Crippen LogP contribution < -0.4 is 0 Å². The largest absolute Gasteiger partial charge is 0.411 e. The van der Waals surface area contributed by atoms with Crippen LogP contribution in [0.2, 0.25) is 0 Å². The Labute approximate surface area is 49.2 Å². The summed E-state index contributed by atoms with van der Waals surface area (Å²) in [5.41, 5.74) is 0.977. The number of hydrogen-bond donors (Lipinski definition) is 1. The van der Waals surface area contributed by atoms with Crippen LogP contribution in [-0.2, 0) is 0 Å². The minimum atomic E-state index is 0.528. The molecule has 1 fully saturated rings. The zero-order chi connectivity index (χ0) is 5.98. The van der Waals surface area contributed by atoms with E-state index in [1.165, 1.54) is 12.8 Å². The predicted octanol–water partition coefficient (Wildman–Crippen LogP) is 1.64. The van der Waals surface area contributed by atoms with Gasteiger partial charge in [-0.05, 0) is 25.2 Å². The molecule has 0 spiro atoms. The first-order valence-electron chi connectivity index (χ1n) is 3.05. The van der Waals surface area contributed by atoms with Crippen molar-refractivity contribution in [1.29, 1.82) is 0 Å².